The Kier molecular flexibility index (Phi) is 4.89. The fourth-order valence-electron chi connectivity index (χ4n) is 1.54. The van der Waals surface area contributed by atoms with E-state index in [1.165, 1.54) is 23.5 Å². The van der Waals surface area contributed by atoms with Crippen molar-refractivity contribution >= 4 is 11.3 Å². The van der Waals surface area contributed by atoms with Crippen molar-refractivity contribution in [3.05, 3.63) is 51.7 Å². The lowest BCUT2D eigenvalue weighted by molar-refractivity contribution is -0.137. The van der Waals surface area contributed by atoms with Gasteiger partial charge in [-0.2, -0.15) is 13.2 Å². The zero-order valence-corrected chi connectivity index (χ0v) is 11.6. The first-order valence-corrected chi connectivity index (χ1v) is 6.79. The lowest BCUT2D eigenvalue weighted by Crippen LogP contribution is -2.04. The molecule has 0 aliphatic heterocycles. The molecule has 1 aromatic heterocycles. The summed E-state index contributed by atoms with van der Waals surface area (Å²) < 4.78 is 42.6. The molecular formula is C15H11F3O2S. The number of aliphatic hydroxyl groups excluding tert-OH is 1. The number of ether oxygens (including phenoxy) is 1. The Bertz CT molecular complexity index is 648. The predicted octanol–water partition coefficient (Wildman–Crippen LogP) is 3.69. The van der Waals surface area contributed by atoms with Crippen molar-refractivity contribution in [3.63, 3.8) is 0 Å². The summed E-state index contributed by atoms with van der Waals surface area (Å²) in [6.45, 7) is 0.0616. The van der Waals surface area contributed by atoms with Crippen LogP contribution in [0, 0.1) is 11.8 Å². The maximum absolute atomic E-state index is 12.4. The number of thiophene rings is 1. The number of aliphatic hydroxyl groups is 1. The Morgan fingerprint density at radius 3 is 2.43 bits per heavy atom. The van der Waals surface area contributed by atoms with Crippen molar-refractivity contribution in [2.45, 2.75) is 12.8 Å². The van der Waals surface area contributed by atoms with Crippen LogP contribution >= 0.6 is 11.3 Å². The fourth-order valence-corrected chi connectivity index (χ4v) is 2.34. The van der Waals surface area contributed by atoms with Crippen molar-refractivity contribution in [1.29, 1.82) is 0 Å². The molecule has 0 aliphatic carbocycles. The number of benzene rings is 1. The van der Waals surface area contributed by atoms with Crippen molar-refractivity contribution in [2.75, 3.05) is 6.61 Å². The molecule has 0 aliphatic rings. The standard InChI is InChI=1S/C15H11F3O2S/c16-15(17,18)11-3-5-12(6-4-11)20-10-14-8-7-13(21-14)2-1-9-19/h3-8,19H,9-10H2. The maximum atomic E-state index is 12.4. The monoisotopic (exact) mass is 312 g/mol. The van der Waals surface area contributed by atoms with E-state index in [0.717, 1.165) is 21.9 Å². The quantitative estimate of drug-likeness (QED) is 0.876. The summed E-state index contributed by atoms with van der Waals surface area (Å²) in [6, 6.07) is 8.20. The second-order valence-corrected chi connectivity index (χ2v) is 5.20. The van der Waals surface area contributed by atoms with Crippen molar-refractivity contribution in [2.24, 2.45) is 0 Å². The van der Waals surface area contributed by atoms with Gasteiger partial charge in [0.2, 0.25) is 0 Å². The first-order valence-electron chi connectivity index (χ1n) is 5.97. The molecule has 0 radical (unpaired) electrons. The summed E-state index contributed by atoms with van der Waals surface area (Å²) in [7, 11) is 0. The molecule has 2 nitrogen and oxygen atoms in total. The minimum absolute atomic E-state index is 0.199. The van der Waals surface area contributed by atoms with Crippen LogP contribution in [0.5, 0.6) is 5.75 Å². The summed E-state index contributed by atoms with van der Waals surface area (Å²) in [5.74, 6) is 5.69. The first kappa shape index (κ1) is 15.4. The van der Waals surface area contributed by atoms with E-state index in [-0.39, 0.29) is 13.2 Å². The van der Waals surface area contributed by atoms with Gasteiger partial charge >= 0.3 is 6.18 Å². The Balaban J connectivity index is 1.95. The lowest BCUT2D eigenvalue weighted by atomic mass is 10.2. The van der Waals surface area contributed by atoms with Gasteiger partial charge in [-0.1, -0.05) is 11.8 Å². The Hall–Kier alpha value is -1.97. The summed E-state index contributed by atoms with van der Waals surface area (Å²) >= 11 is 1.41. The first-order chi connectivity index (χ1) is 9.99. The number of hydrogen-bond donors (Lipinski definition) is 1. The van der Waals surface area contributed by atoms with Gasteiger partial charge in [0.05, 0.1) is 10.4 Å². The van der Waals surface area contributed by atoms with Crippen molar-refractivity contribution in [1.82, 2.24) is 0 Å². The molecule has 1 heterocycles. The fraction of sp³-hybridized carbons (Fsp3) is 0.200. The van der Waals surface area contributed by atoms with Gasteiger partial charge < -0.3 is 9.84 Å². The highest BCUT2D eigenvalue weighted by Gasteiger charge is 2.29. The van der Waals surface area contributed by atoms with E-state index in [1.54, 1.807) is 6.07 Å². The SMILES string of the molecule is OCC#Cc1ccc(COc2ccc(C(F)(F)F)cc2)s1. The molecule has 2 aromatic rings. The van der Waals surface area contributed by atoms with Crippen LogP contribution in [-0.2, 0) is 12.8 Å². The Morgan fingerprint density at radius 2 is 1.81 bits per heavy atom. The van der Waals surface area contributed by atoms with Crippen LogP contribution in [0.2, 0.25) is 0 Å². The highest BCUT2D eigenvalue weighted by molar-refractivity contribution is 7.12. The minimum atomic E-state index is -4.34. The van der Waals surface area contributed by atoms with E-state index in [4.69, 9.17) is 9.84 Å². The predicted molar refractivity (Wildman–Crippen MR) is 74.1 cm³/mol. The molecule has 1 aromatic carbocycles. The van der Waals surface area contributed by atoms with Crippen LogP contribution in [0.25, 0.3) is 0 Å². The Labute approximate surface area is 123 Å². The molecule has 21 heavy (non-hydrogen) atoms. The molecule has 0 fully saturated rings. The summed E-state index contributed by atoms with van der Waals surface area (Å²) in [6.07, 6.45) is -4.34. The second-order valence-electron chi connectivity index (χ2n) is 4.04. The van der Waals surface area contributed by atoms with Crippen molar-refractivity contribution in [3.8, 4) is 17.6 Å². The van der Waals surface area contributed by atoms with Crippen LogP contribution < -0.4 is 4.74 Å². The zero-order valence-electron chi connectivity index (χ0n) is 10.8. The molecule has 0 unspecified atom stereocenters. The van der Waals surface area contributed by atoms with E-state index in [2.05, 4.69) is 11.8 Å². The number of hydrogen-bond acceptors (Lipinski definition) is 3. The minimum Gasteiger partial charge on any atom is -0.488 e. The maximum Gasteiger partial charge on any atom is 0.416 e. The van der Waals surface area contributed by atoms with Crippen LogP contribution in [0.15, 0.2) is 36.4 Å². The van der Waals surface area contributed by atoms with Gasteiger partial charge in [-0.25, -0.2) is 0 Å². The lowest BCUT2D eigenvalue weighted by Gasteiger charge is -2.08. The van der Waals surface area contributed by atoms with Gasteiger partial charge in [-0.15, -0.1) is 11.3 Å². The van der Waals surface area contributed by atoms with Crippen LogP contribution in [0.3, 0.4) is 0 Å². The average molecular weight is 312 g/mol. The molecule has 6 heteroatoms. The highest BCUT2D eigenvalue weighted by Crippen LogP contribution is 2.30. The normalized spacial score (nSPS) is 10.9. The molecule has 0 amide bonds. The molecule has 0 spiro atoms. The molecule has 0 saturated carbocycles. The van der Waals surface area contributed by atoms with Gasteiger partial charge in [0.1, 0.15) is 19.0 Å². The topological polar surface area (TPSA) is 29.5 Å². The molecule has 0 saturated heterocycles. The summed E-state index contributed by atoms with van der Waals surface area (Å²) in [5, 5.41) is 8.59. The van der Waals surface area contributed by atoms with E-state index >= 15 is 0 Å². The summed E-state index contributed by atoms with van der Waals surface area (Å²) in [5.41, 5.74) is -0.701. The van der Waals surface area contributed by atoms with Crippen LogP contribution in [0.1, 0.15) is 15.3 Å². The van der Waals surface area contributed by atoms with Gasteiger partial charge in [0, 0.05) is 4.88 Å². The molecule has 110 valence electrons. The average Bonchev–Trinajstić information content (AvgIpc) is 2.90. The number of halogens is 3. The molecular weight excluding hydrogens is 301 g/mol. The second kappa shape index (κ2) is 6.66. The zero-order chi connectivity index (χ0) is 15.3. The van der Waals surface area contributed by atoms with Crippen LogP contribution in [0.4, 0.5) is 13.2 Å². The van der Waals surface area contributed by atoms with Gasteiger partial charge in [-0.05, 0) is 36.4 Å². The van der Waals surface area contributed by atoms with Gasteiger partial charge in [0.15, 0.2) is 0 Å². The Morgan fingerprint density at radius 1 is 1.10 bits per heavy atom. The summed E-state index contributed by atoms with van der Waals surface area (Å²) in [4.78, 5) is 1.70. The van der Waals surface area contributed by atoms with E-state index in [9.17, 15) is 13.2 Å². The molecule has 0 atom stereocenters. The third-order valence-corrected chi connectivity index (χ3v) is 3.49. The van der Waals surface area contributed by atoms with E-state index < -0.39 is 11.7 Å². The third-order valence-electron chi connectivity index (χ3n) is 2.52. The number of rotatable bonds is 3. The number of alkyl halides is 3. The highest BCUT2D eigenvalue weighted by atomic mass is 32.1. The van der Waals surface area contributed by atoms with Crippen molar-refractivity contribution < 1.29 is 23.0 Å². The van der Waals surface area contributed by atoms with E-state index in [1.807, 2.05) is 6.07 Å². The largest absolute Gasteiger partial charge is 0.488 e. The smallest absolute Gasteiger partial charge is 0.416 e. The van der Waals surface area contributed by atoms with E-state index in [0.29, 0.717) is 5.75 Å². The van der Waals surface area contributed by atoms with Gasteiger partial charge in [-0.3, -0.25) is 0 Å². The molecule has 0 bridgehead atoms. The molecule has 2 rings (SSSR count). The van der Waals surface area contributed by atoms with Crippen LogP contribution in [-0.4, -0.2) is 11.7 Å². The third kappa shape index (κ3) is 4.52. The molecule has 1 N–H and O–H groups in total. The van der Waals surface area contributed by atoms with Gasteiger partial charge in [0.25, 0.3) is 0 Å².